The zero-order valence-corrected chi connectivity index (χ0v) is 8.93. The van der Waals surface area contributed by atoms with Crippen molar-refractivity contribution in [2.24, 2.45) is 0 Å². The van der Waals surface area contributed by atoms with E-state index in [4.69, 9.17) is 4.74 Å². The number of esters is 1. The van der Waals surface area contributed by atoms with Gasteiger partial charge in [-0.2, -0.15) is 0 Å². The first-order valence-electron chi connectivity index (χ1n) is 4.20. The van der Waals surface area contributed by atoms with Gasteiger partial charge in [0.15, 0.2) is 6.04 Å². The largest absolute Gasteiger partial charge is 0.467 e. The van der Waals surface area contributed by atoms with Crippen LogP contribution in [0.4, 0.5) is 0 Å². The van der Waals surface area contributed by atoms with Crippen molar-refractivity contribution >= 4 is 23.6 Å². The van der Waals surface area contributed by atoms with Gasteiger partial charge >= 0.3 is 5.97 Å². The minimum absolute atomic E-state index is 0.146. The second-order valence-electron chi connectivity index (χ2n) is 2.79. The number of hydrogen-bond donors (Lipinski definition) is 1. The Bertz CT molecular complexity index is 233. The molecule has 0 spiro atoms. The highest BCUT2D eigenvalue weighted by atomic mass is 32.2. The number of carbonyl (C=O) groups is 2. The standard InChI is InChI=1S/C8H13NO4S/c1-12-7(11)6-8(13-2)14-4-3-5(10)9-6/h6,8H,3-4H2,1-2H3,(H,9,10). The summed E-state index contributed by atoms with van der Waals surface area (Å²) in [5, 5.41) is 2.57. The van der Waals surface area contributed by atoms with Crippen LogP contribution >= 0.6 is 11.8 Å². The summed E-state index contributed by atoms with van der Waals surface area (Å²) in [6.07, 6.45) is 0.401. The molecule has 1 heterocycles. The normalized spacial score (nSPS) is 27.7. The van der Waals surface area contributed by atoms with Crippen LogP contribution in [0.15, 0.2) is 0 Å². The highest BCUT2D eigenvalue weighted by molar-refractivity contribution is 7.99. The van der Waals surface area contributed by atoms with Crippen molar-refractivity contribution < 1.29 is 19.1 Å². The Labute approximate surface area is 86.5 Å². The number of amides is 1. The highest BCUT2D eigenvalue weighted by Crippen LogP contribution is 2.20. The Balaban J connectivity index is 2.72. The molecule has 2 unspecified atom stereocenters. The first-order valence-corrected chi connectivity index (χ1v) is 5.25. The van der Waals surface area contributed by atoms with E-state index in [0.29, 0.717) is 12.2 Å². The van der Waals surface area contributed by atoms with Crippen LogP contribution < -0.4 is 5.32 Å². The molecule has 1 fully saturated rings. The van der Waals surface area contributed by atoms with Crippen LogP contribution in [0.5, 0.6) is 0 Å². The van der Waals surface area contributed by atoms with Crippen molar-refractivity contribution in [2.45, 2.75) is 17.9 Å². The van der Waals surface area contributed by atoms with Crippen LogP contribution in [0.2, 0.25) is 0 Å². The Morgan fingerprint density at radius 1 is 1.57 bits per heavy atom. The highest BCUT2D eigenvalue weighted by Gasteiger charge is 2.33. The van der Waals surface area contributed by atoms with E-state index in [-0.39, 0.29) is 11.3 Å². The van der Waals surface area contributed by atoms with Crippen molar-refractivity contribution in [3.63, 3.8) is 0 Å². The van der Waals surface area contributed by atoms with Gasteiger partial charge in [-0.25, -0.2) is 4.79 Å². The maximum absolute atomic E-state index is 11.3. The van der Waals surface area contributed by atoms with E-state index in [2.05, 4.69) is 10.1 Å². The summed E-state index contributed by atoms with van der Waals surface area (Å²) < 4.78 is 9.68. The first-order chi connectivity index (χ1) is 6.69. The lowest BCUT2D eigenvalue weighted by molar-refractivity contribution is -0.147. The predicted molar refractivity (Wildman–Crippen MR) is 51.8 cm³/mol. The van der Waals surface area contributed by atoms with E-state index in [0.717, 1.165) is 0 Å². The molecule has 2 atom stereocenters. The Morgan fingerprint density at radius 2 is 2.29 bits per heavy atom. The number of carbonyl (C=O) groups excluding carboxylic acids is 2. The summed E-state index contributed by atoms with van der Waals surface area (Å²) in [7, 11) is 2.79. The molecule has 80 valence electrons. The molecule has 0 aromatic heterocycles. The summed E-state index contributed by atoms with van der Waals surface area (Å²) in [5.74, 6) is 0.0322. The summed E-state index contributed by atoms with van der Waals surface area (Å²) in [5.41, 5.74) is -0.367. The third-order valence-corrected chi connectivity index (χ3v) is 3.12. The Morgan fingerprint density at radius 3 is 2.86 bits per heavy atom. The molecule has 0 saturated carbocycles. The molecule has 0 aromatic carbocycles. The van der Waals surface area contributed by atoms with Gasteiger partial charge < -0.3 is 14.8 Å². The van der Waals surface area contributed by atoms with Crippen LogP contribution in [0.3, 0.4) is 0 Å². The fourth-order valence-electron chi connectivity index (χ4n) is 1.18. The van der Waals surface area contributed by atoms with Crippen molar-refractivity contribution in [2.75, 3.05) is 20.0 Å². The second kappa shape index (κ2) is 5.21. The fourth-order valence-corrected chi connectivity index (χ4v) is 2.22. The average Bonchev–Trinajstić information content (AvgIpc) is 2.38. The summed E-state index contributed by atoms with van der Waals surface area (Å²) in [6.45, 7) is 0. The lowest BCUT2D eigenvalue weighted by atomic mass is 10.3. The molecule has 1 amide bonds. The van der Waals surface area contributed by atoms with Gasteiger partial charge in [-0.15, -0.1) is 11.8 Å². The van der Waals surface area contributed by atoms with Gasteiger partial charge in [0.25, 0.3) is 0 Å². The molecular formula is C8H13NO4S. The van der Waals surface area contributed by atoms with Gasteiger partial charge in [0, 0.05) is 19.3 Å². The van der Waals surface area contributed by atoms with Crippen molar-refractivity contribution in [1.82, 2.24) is 5.32 Å². The second-order valence-corrected chi connectivity index (χ2v) is 4.00. The molecule has 1 saturated heterocycles. The van der Waals surface area contributed by atoms with Crippen molar-refractivity contribution in [3.8, 4) is 0 Å². The lowest BCUT2D eigenvalue weighted by Crippen LogP contribution is -2.47. The molecule has 1 aliphatic heterocycles. The topological polar surface area (TPSA) is 64.6 Å². The van der Waals surface area contributed by atoms with Crippen molar-refractivity contribution in [1.29, 1.82) is 0 Å². The maximum Gasteiger partial charge on any atom is 0.332 e. The van der Waals surface area contributed by atoms with Crippen LogP contribution in [-0.4, -0.2) is 43.3 Å². The van der Waals surface area contributed by atoms with Gasteiger partial charge in [-0.05, 0) is 0 Å². The van der Waals surface area contributed by atoms with Crippen LogP contribution in [0.25, 0.3) is 0 Å². The van der Waals surface area contributed by atoms with Crippen molar-refractivity contribution in [3.05, 3.63) is 0 Å². The number of thioether (sulfide) groups is 1. The van der Waals surface area contributed by atoms with E-state index >= 15 is 0 Å². The molecule has 0 aliphatic carbocycles. The Kier molecular flexibility index (Phi) is 4.21. The molecular weight excluding hydrogens is 206 g/mol. The zero-order chi connectivity index (χ0) is 10.6. The van der Waals surface area contributed by atoms with Gasteiger partial charge in [0.2, 0.25) is 5.91 Å². The molecule has 0 radical (unpaired) electrons. The van der Waals surface area contributed by atoms with Gasteiger partial charge in [-0.1, -0.05) is 0 Å². The molecule has 0 aromatic rings. The number of methoxy groups -OCH3 is 2. The summed E-state index contributed by atoms with van der Waals surface area (Å²) >= 11 is 1.43. The molecule has 1 aliphatic rings. The van der Waals surface area contributed by atoms with Gasteiger partial charge in [0.05, 0.1) is 7.11 Å². The minimum atomic E-state index is -0.704. The van der Waals surface area contributed by atoms with Crippen LogP contribution in [0.1, 0.15) is 6.42 Å². The van der Waals surface area contributed by atoms with E-state index in [1.54, 1.807) is 0 Å². The van der Waals surface area contributed by atoms with Crippen LogP contribution in [-0.2, 0) is 19.1 Å². The van der Waals surface area contributed by atoms with Crippen LogP contribution in [0, 0.1) is 0 Å². The quantitative estimate of drug-likeness (QED) is 0.649. The smallest absolute Gasteiger partial charge is 0.332 e. The van der Waals surface area contributed by atoms with Gasteiger partial charge in [-0.3, -0.25) is 4.79 Å². The predicted octanol–water partition coefficient (Wildman–Crippen LogP) is -0.246. The van der Waals surface area contributed by atoms with E-state index in [1.807, 2.05) is 0 Å². The molecule has 1 rings (SSSR count). The number of nitrogens with one attached hydrogen (secondary N) is 1. The molecule has 5 nitrogen and oxygen atoms in total. The molecule has 0 bridgehead atoms. The van der Waals surface area contributed by atoms with E-state index in [1.165, 1.54) is 26.0 Å². The third-order valence-electron chi connectivity index (χ3n) is 1.89. The van der Waals surface area contributed by atoms with Gasteiger partial charge in [0.1, 0.15) is 5.44 Å². The summed E-state index contributed by atoms with van der Waals surface area (Å²) in [4.78, 5) is 22.5. The first kappa shape index (κ1) is 11.3. The maximum atomic E-state index is 11.3. The molecule has 1 N–H and O–H groups in total. The molecule has 6 heteroatoms. The number of rotatable bonds is 2. The fraction of sp³-hybridized carbons (Fsp3) is 0.750. The number of ether oxygens (including phenoxy) is 2. The zero-order valence-electron chi connectivity index (χ0n) is 8.11. The number of hydrogen-bond acceptors (Lipinski definition) is 5. The Hall–Kier alpha value is -0.750. The molecule has 14 heavy (non-hydrogen) atoms. The van der Waals surface area contributed by atoms with E-state index < -0.39 is 12.0 Å². The SMILES string of the molecule is COC(=O)C1NC(=O)CCSC1OC. The minimum Gasteiger partial charge on any atom is -0.467 e. The summed E-state index contributed by atoms with van der Waals surface area (Å²) in [6, 6.07) is -0.704. The lowest BCUT2D eigenvalue weighted by Gasteiger charge is -2.20. The van der Waals surface area contributed by atoms with E-state index in [9.17, 15) is 9.59 Å². The third kappa shape index (κ3) is 2.62. The monoisotopic (exact) mass is 219 g/mol. The average molecular weight is 219 g/mol.